The molecule has 0 aliphatic carbocycles. The van der Waals surface area contributed by atoms with Crippen molar-refractivity contribution in [3.05, 3.63) is 33.6 Å². The Labute approximate surface area is 134 Å². The highest BCUT2D eigenvalue weighted by molar-refractivity contribution is 5.96. The number of aromatic nitrogens is 1. The molecule has 2 rings (SSSR count). The number of hydrogen-bond donors (Lipinski definition) is 0. The third-order valence-electron chi connectivity index (χ3n) is 4.11. The van der Waals surface area contributed by atoms with E-state index in [1.54, 1.807) is 16.7 Å². The predicted molar refractivity (Wildman–Crippen MR) is 83.0 cm³/mol. The van der Waals surface area contributed by atoms with Crippen molar-refractivity contribution in [2.45, 2.75) is 33.2 Å². The Balaban J connectivity index is 2.32. The molecular formula is C15H20N4O4. The van der Waals surface area contributed by atoms with Gasteiger partial charge < -0.3 is 9.80 Å². The van der Waals surface area contributed by atoms with Gasteiger partial charge in [0.25, 0.3) is 11.6 Å². The second-order valence-corrected chi connectivity index (χ2v) is 6.29. The van der Waals surface area contributed by atoms with Gasteiger partial charge in [-0.1, -0.05) is 0 Å². The number of nitro groups is 1. The molecule has 1 saturated heterocycles. The first-order chi connectivity index (χ1) is 10.6. The normalized spacial score (nSPS) is 17.0. The summed E-state index contributed by atoms with van der Waals surface area (Å²) in [5.74, 6) is -0.328. The van der Waals surface area contributed by atoms with Crippen molar-refractivity contribution in [1.29, 1.82) is 0 Å². The summed E-state index contributed by atoms with van der Waals surface area (Å²) < 4.78 is 0. The molecule has 1 aromatic rings. The number of aryl methyl sites for hydroxylation is 1. The van der Waals surface area contributed by atoms with Crippen molar-refractivity contribution in [2.24, 2.45) is 0 Å². The number of piperazine rings is 1. The van der Waals surface area contributed by atoms with Gasteiger partial charge in [-0.2, -0.15) is 0 Å². The van der Waals surface area contributed by atoms with Crippen LogP contribution in [-0.4, -0.2) is 56.7 Å². The first-order valence-corrected chi connectivity index (χ1v) is 7.32. The molecule has 8 nitrogen and oxygen atoms in total. The van der Waals surface area contributed by atoms with Crippen LogP contribution < -0.4 is 0 Å². The minimum absolute atomic E-state index is 0.0293. The van der Waals surface area contributed by atoms with Gasteiger partial charge in [0.05, 0.1) is 21.7 Å². The average Bonchev–Trinajstić information content (AvgIpc) is 2.45. The van der Waals surface area contributed by atoms with Crippen LogP contribution in [0.15, 0.2) is 12.3 Å². The van der Waals surface area contributed by atoms with Crippen LogP contribution in [0.1, 0.15) is 36.8 Å². The summed E-state index contributed by atoms with van der Waals surface area (Å²) in [5, 5.41) is 10.9. The van der Waals surface area contributed by atoms with E-state index in [2.05, 4.69) is 4.98 Å². The number of amides is 2. The zero-order chi connectivity index (χ0) is 17.4. The molecule has 1 aliphatic heterocycles. The monoisotopic (exact) mass is 320 g/mol. The molecule has 0 bridgehead atoms. The molecule has 2 amide bonds. The Bertz CT molecular complexity index is 671. The number of carbonyl (C=O) groups excluding carboxylic acids is 2. The third-order valence-corrected chi connectivity index (χ3v) is 4.11. The maximum atomic E-state index is 12.8. The lowest BCUT2D eigenvalue weighted by atomic mass is 9.97. The standard InChI is InChI=1S/C15H20N4O4/c1-10-13(7-12(8-16-10)19(22)23)14(21)18-6-5-17(11(2)20)9-15(18,3)4/h7-8H,5-6,9H2,1-4H3. The van der Waals surface area contributed by atoms with Crippen LogP contribution in [0.3, 0.4) is 0 Å². The van der Waals surface area contributed by atoms with Gasteiger partial charge in [-0.3, -0.25) is 24.7 Å². The van der Waals surface area contributed by atoms with E-state index in [-0.39, 0.29) is 23.1 Å². The number of pyridine rings is 1. The van der Waals surface area contributed by atoms with Gasteiger partial charge in [-0.25, -0.2) is 0 Å². The van der Waals surface area contributed by atoms with E-state index in [0.29, 0.717) is 25.3 Å². The molecule has 124 valence electrons. The van der Waals surface area contributed by atoms with Crippen LogP contribution in [0.25, 0.3) is 0 Å². The molecule has 0 saturated carbocycles. The predicted octanol–water partition coefficient (Wildman–Crippen LogP) is 1.38. The van der Waals surface area contributed by atoms with E-state index in [1.807, 2.05) is 13.8 Å². The van der Waals surface area contributed by atoms with Crippen molar-refractivity contribution in [3.8, 4) is 0 Å². The third kappa shape index (κ3) is 3.30. The van der Waals surface area contributed by atoms with Gasteiger partial charge in [-0.05, 0) is 20.8 Å². The molecule has 23 heavy (non-hydrogen) atoms. The van der Waals surface area contributed by atoms with Crippen molar-refractivity contribution >= 4 is 17.5 Å². The SMILES string of the molecule is CC(=O)N1CCN(C(=O)c2cc([N+](=O)[O-])cnc2C)C(C)(C)C1. The molecular weight excluding hydrogens is 300 g/mol. The van der Waals surface area contributed by atoms with Gasteiger partial charge in [0.1, 0.15) is 6.20 Å². The smallest absolute Gasteiger partial charge is 0.288 e. The lowest BCUT2D eigenvalue weighted by Gasteiger charge is -2.47. The van der Waals surface area contributed by atoms with Crippen LogP contribution in [-0.2, 0) is 4.79 Å². The average molecular weight is 320 g/mol. The van der Waals surface area contributed by atoms with E-state index in [4.69, 9.17) is 0 Å². The minimum Gasteiger partial charge on any atom is -0.339 e. The second-order valence-electron chi connectivity index (χ2n) is 6.29. The second kappa shape index (κ2) is 5.94. The molecule has 1 fully saturated rings. The molecule has 0 radical (unpaired) electrons. The van der Waals surface area contributed by atoms with E-state index in [1.165, 1.54) is 13.0 Å². The maximum absolute atomic E-state index is 12.8. The minimum atomic E-state index is -0.567. The lowest BCUT2D eigenvalue weighted by molar-refractivity contribution is -0.385. The van der Waals surface area contributed by atoms with Gasteiger partial charge in [0.2, 0.25) is 5.91 Å². The Hall–Kier alpha value is -2.51. The fourth-order valence-electron chi connectivity index (χ4n) is 2.78. The first kappa shape index (κ1) is 16.9. The molecule has 1 aromatic heterocycles. The van der Waals surface area contributed by atoms with E-state index in [9.17, 15) is 19.7 Å². The van der Waals surface area contributed by atoms with Crippen molar-refractivity contribution in [1.82, 2.24) is 14.8 Å². The summed E-state index contributed by atoms with van der Waals surface area (Å²) in [6.07, 6.45) is 1.14. The molecule has 0 N–H and O–H groups in total. The molecule has 8 heteroatoms. The molecule has 1 aliphatic rings. The highest BCUT2D eigenvalue weighted by Crippen LogP contribution is 2.25. The topological polar surface area (TPSA) is 96.7 Å². The summed E-state index contributed by atoms with van der Waals surface area (Å²) in [4.78, 5) is 42.0. The van der Waals surface area contributed by atoms with Crippen molar-refractivity contribution in [2.75, 3.05) is 19.6 Å². The van der Waals surface area contributed by atoms with E-state index in [0.717, 1.165) is 6.20 Å². The molecule has 0 aromatic carbocycles. The fourth-order valence-corrected chi connectivity index (χ4v) is 2.78. The number of nitrogens with zero attached hydrogens (tertiary/aromatic N) is 4. The van der Waals surface area contributed by atoms with Gasteiger partial charge >= 0.3 is 0 Å². The lowest BCUT2D eigenvalue weighted by Crippen LogP contribution is -2.61. The summed E-state index contributed by atoms with van der Waals surface area (Å²) >= 11 is 0. The summed E-state index contributed by atoms with van der Waals surface area (Å²) in [6, 6.07) is 1.26. The number of hydrogen-bond acceptors (Lipinski definition) is 5. The van der Waals surface area contributed by atoms with Crippen LogP contribution in [0.2, 0.25) is 0 Å². The molecule has 2 heterocycles. The quantitative estimate of drug-likeness (QED) is 0.606. The van der Waals surface area contributed by atoms with Gasteiger partial charge in [0, 0.05) is 32.6 Å². The largest absolute Gasteiger partial charge is 0.339 e. The zero-order valence-electron chi connectivity index (χ0n) is 13.7. The highest BCUT2D eigenvalue weighted by atomic mass is 16.6. The molecule has 0 atom stereocenters. The van der Waals surface area contributed by atoms with Crippen LogP contribution in [0.4, 0.5) is 5.69 Å². The highest BCUT2D eigenvalue weighted by Gasteiger charge is 2.38. The number of carbonyl (C=O) groups is 2. The van der Waals surface area contributed by atoms with Gasteiger partial charge in [-0.15, -0.1) is 0 Å². The van der Waals surface area contributed by atoms with Crippen molar-refractivity contribution in [3.63, 3.8) is 0 Å². The van der Waals surface area contributed by atoms with Crippen LogP contribution >= 0.6 is 0 Å². The Morgan fingerprint density at radius 1 is 1.35 bits per heavy atom. The van der Waals surface area contributed by atoms with Crippen LogP contribution in [0.5, 0.6) is 0 Å². The molecule has 0 unspecified atom stereocenters. The van der Waals surface area contributed by atoms with Crippen LogP contribution in [0, 0.1) is 17.0 Å². The van der Waals surface area contributed by atoms with E-state index < -0.39 is 10.5 Å². The summed E-state index contributed by atoms with van der Waals surface area (Å²) in [5.41, 5.74) is -0.0917. The fraction of sp³-hybridized carbons (Fsp3) is 0.533. The first-order valence-electron chi connectivity index (χ1n) is 7.32. The van der Waals surface area contributed by atoms with Crippen molar-refractivity contribution < 1.29 is 14.5 Å². The van der Waals surface area contributed by atoms with E-state index >= 15 is 0 Å². The zero-order valence-corrected chi connectivity index (χ0v) is 13.7. The Morgan fingerprint density at radius 3 is 2.52 bits per heavy atom. The maximum Gasteiger partial charge on any atom is 0.288 e. The molecule has 0 spiro atoms. The summed E-state index contributed by atoms with van der Waals surface area (Å²) in [6.45, 7) is 8.16. The number of rotatable bonds is 2. The van der Waals surface area contributed by atoms with Gasteiger partial charge in [0.15, 0.2) is 0 Å². The summed E-state index contributed by atoms with van der Waals surface area (Å²) in [7, 11) is 0. The Morgan fingerprint density at radius 2 is 2.00 bits per heavy atom. The Kier molecular flexibility index (Phi) is 4.35.